The van der Waals surface area contributed by atoms with Crippen molar-refractivity contribution in [2.45, 2.75) is 12.3 Å². The van der Waals surface area contributed by atoms with Crippen molar-refractivity contribution in [1.82, 2.24) is 0 Å². The third kappa shape index (κ3) is 3.88. The molecule has 1 nitrogen and oxygen atoms in total. The van der Waals surface area contributed by atoms with Gasteiger partial charge in [0.25, 0.3) is 0 Å². The third-order valence-electron chi connectivity index (χ3n) is 3.88. The van der Waals surface area contributed by atoms with Crippen molar-refractivity contribution in [1.29, 1.82) is 0 Å². The molecule has 2 heteroatoms. The second kappa shape index (κ2) is 7.26. The van der Waals surface area contributed by atoms with E-state index in [1.807, 2.05) is 84.9 Å². The van der Waals surface area contributed by atoms with Crippen LogP contribution in [0.5, 0.6) is 0 Å². The number of halogens is 1. The van der Waals surface area contributed by atoms with E-state index in [0.29, 0.717) is 11.4 Å². The fraction of sp³-hybridized carbons (Fsp3) is 0.0952. The number of hydrogen-bond donors (Lipinski definition) is 0. The Bertz CT molecular complexity index is 764. The van der Waals surface area contributed by atoms with Gasteiger partial charge in [-0.15, -0.1) is 0 Å². The monoisotopic (exact) mass is 320 g/mol. The number of Topliss-reactive ketones (excluding diaryl/α,β-unsaturated/α-hetero) is 1. The molecule has 23 heavy (non-hydrogen) atoms. The molecule has 0 radical (unpaired) electrons. The first-order valence-corrected chi connectivity index (χ1v) is 7.99. The Labute approximate surface area is 141 Å². The lowest BCUT2D eigenvalue weighted by Crippen LogP contribution is -2.16. The molecule has 0 aliphatic carbocycles. The van der Waals surface area contributed by atoms with Gasteiger partial charge in [0.2, 0.25) is 0 Å². The molecule has 3 aromatic rings. The van der Waals surface area contributed by atoms with E-state index >= 15 is 0 Å². The molecule has 0 aliphatic heterocycles. The molecule has 0 aromatic heterocycles. The second-order valence-corrected chi connectivity index (χ2v) is 5.96. The van der Waals surface area contributed by atoms with Gasteiger partial charge in [0.1, 0.15) is 5.78 Å². The second-order valence-electron chi connectivity index (χ2n) is 5.52. The molecule has 114 valence electrons. The van der Waals surface area contributed by atoms with E-state index in [4.69, 9.17) is 11.6 Å². The molecule has 1 atom stereocenters. The lowest BCUT2D eigenvalue weighted by atomic mass is 9.85. The van der Waals surface area contributed by atoms with Gasteiger partial charge in [-0.05, 0) is 28.8 Å². The number of rotatable bonds is 5. The minimum absolute atomic E-state index is 0.185. The van der Waals surface area contributed by atoms with E-state index in [0.717, 1.165) is 16.7 Å². The summed E-state index contributed by atoms with van der Waals surface area (Å²) in [6, 6.07) is 27.3. The normalized spacial score (nSPS) is 11.9. The van der Waals surface area contributed by atoms with E-state index in [9.17, 15) is 4.79 Å². The molecule has 3 rings (SSSR count). The maximum atomic E-state index is 13.0. The molecule has 0 N–H and O–H groups in total. The standard InChI is InChI=1S/C21H17ClO/c22-19-13-11-18(12-14-19)21(17-9-5-2-6-10-17)20(23)15-16-7-3-1-4-8-16/h1-14,21H,15H2. The van der Waals surface area contributed by atoms with Gasteiger partial charge in [-0.25, -0.2) is 0 Å². The van der Waals surface area contributed by atoms with Gasteiger partial charge in [0, 0.05) is 11.4 Å². The highest BCUT2D eigenvalue weighted by Gasteiger charge is 2.22. The Morgan fingerprint density at radius 1 is 0.739 bits per heavy atom. The van der Waals surface area contributed by atoms with Crippen molar-refractivity contribution in [3.8, 4) is 0 Å². The van der Waals surface area contributed by atoms with E-state index in [1.165, 1.54) is 0 Å². The summed E-state index contributed by atoms with van der Waals surface area (Å²) in [5, 5.41) is 0.677. The van der Waals surface area contributed by atoms with Crippen molar-refractivity contribution >= 4 is 17.4 Å². The topological polar surface area (TPSA) is 17.1 Å². The van der Waals surface area contributed by atoms with E-state index in [-0.39, 0.29) is 11.7 Å². The molecular weight excluding hydrogens is 304 g/mol. The van der Waals surface area contributed by atoms with Gasteiger partial charge in [-0.1, -0.05) is 84.4 Å². The van der Waals surface area contributed by atoms with Crippen LogP contribution in [-0.2, 0) is 11.2 Å². The number of carbonyl (C=O) groups is 1. The molecule has 0 saturated heterocycles. The SMILES string of the molecule is O=C(Cc1ccccc1)C(c1ccccc1)c1ccc(Cl)cc1. The summed E-state index contributed by atoms with van der Waals surface area (Å²) in [5.74, 6) is -0.0848. The summed E-state index contributed by atoms with van der Waals surface area (Å²) in [5.41, 5.74) is 3.02. The average Bonchev–Trinajstić information content (AvgIpc) is 2.59. The highest BCUT2D eigenvalue weighted by Crippen LogP contribution is 2.28. The molecule has 3 aromatic carbocycles. The lowest BCUT2D eigenvalue weighted by molar-refractivity contribution is -0.119. The van der Waals surface area contributed by atoms with Crippen molar-refractivity contribution in [2.24, 2.45) is 0 Å². The predicted molar refractivity (Wildman–Crippen MR) is 94.9 cm³/mol. The minimum atomic E-state index is -0.270. The van der Waals surface area contributed by atoms with Crippen LogP contribution in [0.2, 0.25) is 5.02 Å². The Morgan fingerprint density at radius 3 is 1.87 bits per heavy atom. The van der Waals surface area contributed by atoms with Gasteiger partial charge >= 0.3 is 0 Å². The molecule has 0 heterocycles. The Kier molecular flexibility index (Phi) is 4.89. The van der Waals surface area contributed by atoms with Crippen LogP contribution >= 0.6 is 11.6 Å². The Balaban J connectivity index is 1.95. The minimum Gasteiger partial charge on any atom is -0.298 e. The van der Waals surface area contributed by atoms with E-state index in [1.54, 1.807) is 0 Å². The van der Waals surface area contributed by atoms with Gasteiger partial charge in [0.15, 0.2) is 0 Å². The smallest absolute Gasteiger partial charge is 0.149 e. The van der Waals surface area contributed by atoms with Crippen molar-refractivity contribution in [3.05, 3.63) is 107 Å². The maximum Gasteiger partial charge on any atom is 0.149 e. The Hall–Kier alpha value is -2.38. The van der Waals surface area contributed by atoms with Gasteiger partial charge in [-0.3, -0.25) is 4.79 Å². The summed E-state index contributed by atoms with van der Waals surface area (Å²) in [4.78, 5) is 13.0. The molecule has 0 aliphatic rings. The van der Waals surface area contributed by atoms with Crippen LogP contribution in [0.25, 0.3) is 0 Å². The first kappa shape index (κ1) is 15.5. The highest BCUT2D eigenvalue weighted by atomic mass is 35.5. The molecule has 0 amide bonds. The van der Waals surface area contributed by atoms with Crippen LogP contribution in [0.15, 0.2) is 84.9 Å². The summed E-state index contributed by atoms with van der Waals surface area (Å²) in [6.07, 6.45) is 0.420. The first-order chi connectivity index (χ1) is 11.2. The summed E-state index contributed by atoms with van der Waals surface area (Å²) in [7, 11) is 0. The lowest BCUT2D eigenvalue weighted by Gasteiger charge is -2.17. The molecule has 1 unspecified atom stereocenters. The summed E-state index contributed by atoms with van der Waals surface area (Å²) >= 11 is 5.99. The van der Waals surface area contributed by atoms with Crippen LogP contribution in [0.3, 0.4) is 0 Å². The maximum absolute atomic E-state index is 13.0. The zero-order valence-electron chi connectivity index (χ0n) is 12.7. The molecular formula is C21H17ClO. The average molecular weight is 321 g/mol. The molecule has 0 bridgehead atoms. The van der Waals surface area contributed by atoms with Gasteiger partial charge in [-0.2, -0.15) is 0 Å². The first-order valence-electron chi connectivity index (χ1n) is 7.61. The van der Waals surface area contributed by atoms with Crippen LogP contribution in [0, 0.1) is 0 Å². The number of ketones is 1. The fourth-order valence-electron chi connectivity index (χ4n) is 2.76. The Morgan fingerprint density at radius 2 is 1.26 bits per heavy atom. The van der Waals surface area contributed by atoms with Crippen molar-refractivity contribution in [3.63, 3.8) is 0 Å². The van der Waals surface area contributed by atoms with Gasteiger partial charge in [0.05, 0.1) is 5.92 Å². The van der Waals surface area contributed by atoms with Crippen LogP contribution < -0.4 is 0 Å². The van der Waals surface area contributed by atoms with E-state index in [2.05, 4.69) is 0 Å². The quantitative estimate of drug-likeness (QED) is 0.624. The molecule has 0 saturated carbocycles. The molecule has 0 fully saturated rings. The largest absolute Gasteiger partial charge is 0.298 e. The number of benzene rings is 3. The van der Waals surface area contributed by atoms with Gasteiger partial charge < -0.3 is 0 Å². The predicted octanol–water partition coefficient (Wildman–Crippen LogP) is 5.28. The number of carbonyl (C=O) groups excluding carboxylic acids is 1. The molecule has 0 spiro atoms. The highest BCUT2D eigenvalue weighted by molar-refractivity contribution is 6.30. The summed E-state index contributed by atoms with van der Waals surface area (Å²) < 4.78 is 0. The van der Waals surface area contributed by atoms with Crippen molar-refractivity contribution < 1.29 is 4.79 Å². The zero-order valence-corrected chi connectivity index (χ0v) is 13.4. The van der Waals surface area contributed by atoms with Crippen LogP contribution in [0.1, 0.15) is 22.6 Å². The summed E-state index contributed by atoms with van der Waals surface area (Å²) in [6.45, 7) is 0. The van der Waals surface area contributed by atoms with Crippen LogP contribution in [0.4, 0.5) is 0 Å². The van der Waals surface area contributed by atoms with E-state index < -0.39 is 0 Å². The third-order valence-corrected chi connectivity index (χ3v) is 4.13. The number of hydrogen-bond acceptors (Lipinski definition) is 1. The van der Waals surface area contributed by atoms with Crippen LogP contribution in [-0.4, -0.2) is 5.78 Å². The van der Waals surface area contributed by atoms with Crippen molar-refractivity contribution in [2.75, 3.05) is 0 Å². The fourth-order valence-corrected chi connectivity index (χ4v) is 2.89. The zero-order chi connectivity index (χ0) is 16.1.